The van der Waals surface area contributed by atoms with Gasteiger partial charge in [0.1, 0.15) is 7.85 Å². The van der Waals surface area contributed by atoms with E-state index in [4.69, 9.17) is 7.85 Å². The Morgan fingerprint density at radius 1 is 0.875 bits per heavy atom. The van der Waals surface area contributed by atoms with Crippen molar-refractivity contribution in [1.29, 1.82) is 0 Å². The fourth-order valence-electron chi connectivity index (χ4n) is 2.19. The normalized spacial score (nSPS) is 12.4. The van der Waals surface area contributed by atoms with Crippen molar-refractivity contribution in [1.82, 2.24) is 0 Å². The number of fused-ring (bicyclic) bond motifs is 3. The standard InChI is InChI=1S/C14H8BBr/c1-8-13-6-9(15)2-4-11(13)12-5-3-10(16)7-14(8)12/h2-7H,1H2. The third kappa shape index (κ3) is 1.30. The number of rotatable bonds is 0. The predicted octanol–water partition coefficient (Wildman–Crippen LogP) is 3.28. The largest absolute Gasteiger partial charge is 0.113 e. The molecule has 0 saturated carbocycles. The highest BCUT2D eigenvalue weighted by Crippen LogP contribution is 2.43. The molecular weight excluding hydrogens is 259 g/mol. The van der Waals surface area contributed by atoms with Crippen LogP contribution in [0.1, 0.15) is 11.1 Å². The Bertz CT molecular complexity index is 561. The second kappa shape index (κ2) is 3.36. The van der Waals surface area contributed by atoms with Crippen molar-refractivity contribution in [2.24, 2.45) is 0 Å². The van der Waals surface area contributed by atoms with Crippen LogP contribution in [0.15, 0.2) is 47.4 Å². The van der Waals surface area contributed by atoms with Crippen LogP contribution in [0.3, 0.4) is 0 Å². The lowest BCUT2D eigenvalue weighted by Gasteiger charge is -2.01. The molecule has 2 heteroatoms. The fraction of sp³-hybridized carbons (Fsp3) is 0. The quantitative estimate of drug-likeness (QED) is 0.548. The van der Waals surface area contributed by atoms with Gasteiger partial charge in [0, 0.05) is 4.47 Å². The summed E-state index contributed by atoms with van der Waals surface area (Å²) in [6, 6.07) is 12.3. The number of hydrogen-bond acceptors (Lipinski definition) is 0. The fourth-order valence-corrected chi connectivity index (χ4v) is 2.55. The van der Waals surface area contributed by atoms with E-state index in [0.717, 1.165) is 21.1 Å². The molecule has 3 rings (SSSR count). The van der Waals surface area contributed by atoms with Crippen molar-refractivity contribution in [2.75, 3.05) is 0 Å². The maximum atomic E-state index is 5.81. The molecule has 0 saturated heterocycles. The highest BCUT2D eigenvalue weighted by molar-refractivity contribution is 9.10. The first kappa shape index (κ1) is 9.92. The summed E-state index contributed by atoms with van der Waals surface area (Å²) in [4.78, 5) is 0. The molecule has 0 atom stereocenters. The van der Waals surface area contributed by atoms with Gasteiger partial charge in [0.15, 0.2) is 0 Å². The van der Waals surface area contributed by atoms with Crippen LogP contribution < -0.4 is 5.46 Å². The molecular formula is C14H8BBr. The van der Waals surface area contributed by atoms with E-state index in [1.165, 1.54) is 16.7 Å². The summed E-state index contributed by atoms with van der Waals surface area (Å²) in [6.45, 7) is 4.14. The molecule has 0 amide bonds. The Balaban J connectivity index is 2.34. The van der Waals surface area contributed by atoms with Crippen molar-refractivity contribution in [3.8, 4) is 11.1 Å². The van der Waals surface area contributed by atoms with Gasteiger partial charge in [-0.25, -0.2) is 0 Å². The molecule has 0 spiro atoms. The maximum Gasteiger partial charge on any atom is 0.113 e. The molecule has 2 aromatic carbocycles. The van der Waals surface area contributed by atoms with Crippen LogP contribution in [0.2, 0.25) is 0 Å². The molecule has 74 valence electrons. The molecule has 2 radical (unpaired) electrons. The number of benzene rings is 2. The summed E-state index contributed by atoms with van der Waals surface area (Å²) in [7, 11) is 5.81. The van der Waals surface area contributed by atoms with E-state index in [1.807, 2.05) is 12.1 Å². The van der Waals surface area contributed by atoms with Gasteiger partial charge >= 0.3 is 0 Å². The zero-order valence-corrected chi connectivity index (χ0v) is 10.2. The smallest absolute Gasteiger partial charge is 0.0960 e. The predicted molar refractivity (Wildman–Crippen MR) is 73.1 cm³/mol. The first-order chi connectivity index (χ1) is 7.66. The molecule has 16 heavy (non-hydrogen) atoms. The maximum absolute atomic E-state index is 5.81. The third-order valence-electron chi connectivity index (χ3n) is 2.97. The number of halogens is 1. The van der Waals surface area contributed by atoms with Gasteiger partial charge in [-0.3, -0.25) is 0 Å². The Labute approximate surface area is 105 Å². The topological polar surface area (TPSA) is 0 Å². The Hall–Kier alpha value is -1.28. The van der Waals surface area contributed by atoms with Gasteiger partial charge in [0.05, 0.1) is 0 Å². The first-order valence-electron chi connectivity index (χ1n) is 5.06. The minimum absolute atomic E-state index is 0.784. The van der Waals surface area contributed by atoms with Crippen molar-refractivity contribution >= 4 is 34.8 Å². The van der Waals surface area contributed by atoms with Gasteiger partial charge < -0.3 is 0 Å². The molecule has 0 nitrogen and oxygen atoms in total. The lowest BCUT2D eigenvalue weighted by molar-refractivity contribution is 1.61. The summed E-state index contributed by atoms with van der Waals surface area (Å²) in [5.41, 5.74) is 6.64. The molecule has 1 aliphatic rings. The van der Waals surface area contributed by atoms with Crippen LogP contribution in [-0.2, 0) is 0 Å². The summed E-state index contributed by atoms with van der Waals surface area (Å²) in [5.74, 6) is 0. The lowest BCUT2D eigenvalue weighted by atomic mass is 9.91. The lowest BCUT2D eigenvalue weighted by Crippen LogP contribution is -2.01. The Morgan fingerprint density at radius 2 is 1.50 bits per heavy atom. The van der Waals surface area contributed by atoms with Gasteiger partial charge in [-0.1, -0.05) is 52.2 Å². The van der Waals surface area contributed by atoms with Gasteiger partial charge in [-0.2, -0.15) is 0 Å². The highest BCUT2D eigenvalue weighted by Gasteiger charge is 2.21. The average Bonchev–Trinajstić information content (AvgIpc) is 2.53. The van der Waals surface area contributed by atoms with E-state index in [0.29, 0.717) is 0 Å². The van der Waals surface area contributed by atoms with E-state index in [2.05, 4.69) is 46.8 Å². The van der Waals surface area contributed by atoms with E-state index >= 15 is 0 Å². The minimum atomic E-state index is 0.784. The molecule has 0 N–H and O–H groups in total. The van der Waals surface area contributed by atoms with E-state index in [-0.39, 0.29) is 0 Å². The molecule has 1 aliphatic carbocycles. The highest BCUT2D eigenvalue weighted by atomic mass is 79.9. The Kier molecular flexibility index (Phi) is 2.08. The van der Waals surface area contributed by atoms with Crippen molar-refractivity contribution in [3.05, 3.63) is 58.6 Å². The second-order valence-electron chi connectivity index (χ2n) is 3.97. The van der Waals surface area contributed by atoms with Crippen LogP contribution in [0.25, 0.3) is 16.7 Å². The van der Waals surface area contributed by atoms with Gasteiger partial charge in [0.25, 0.3) is 0 Å². The zero-order valence-electron chi connectivity index (χ0n) is 8.63. The van der Waals surface area contributed by atoms with E-state index < -0.39 is 0 Å². The molecule has 0 fully saturated rings. The third-order valence-corrected chi connectivity index (χ3v) is 3.46. The molecule has 0 aliphatic heterocycles. The van der Waals surface area contributed by atoms with Crippen molar-refractivity contribution in [3.63, 3.8) is 0 Å². The monoisotopic (exact) mass is 266 g/mol. The van der Waals surface area contributed by atoms with Crippen LogP contribution in [0, 0.1) is 0 Å². The minimum Gasteiger partial charge on any atom is -0.0960 e. The molecule has 0 bridgehead atoms. The molecule has 0 heterocycles. The van der Waals surface area contributed by atoms with Crippen LogP contribution in [0.5, 0.6) is 0 Å². The van der Waals surface area contributed by atoms with Crippen LogP contribution >= 0.6 is 15.9 Å². The van der Waals surface area contributed by atoms with E-state index in [1.54, 1.807) is 0 Å². The van der Waals surface area contributed by atoms with Crippen LogP contribution in [0.4, 0.5) is 0 Å². The van der Waals surface area contributed by atoms with Crippen LogP contribution in [-0.4, -0.2) is 7.85 Å². The number of hydrogen-bond donors (Lipinski definition) is 0. The average molecular weight is 267 g/mol. The van der Waals surface area contributed by atoms with Crippen molar-refractivity contribution in [2.45, 2.75) is 0 Å². The Morgan fingerprint density at radius 3 is 2.25 bits per heavy atom. The SMILES string of the molecule is [B]c1ccc2c(c1)C(=C)c1cc(Br)ccc1-2. The van der Waals surface area contributed by atoms with E-state index in [9.17, 15) is 0 Å². The summed E-state index contributed by atoms with van der Waals surface area (Å²) >= 11 is 3.49. The van der Waals surface area contributed by atoms with Gasteiger partial charge in [-0.15, -0.1) is 0 Å². The van der Waals surface area contributed by atoms with Crippen molar-refractivity contribution < 1.29 is 0 Å². The second-order valence-corrected chi connectivity index (χ2v) is 4.89. The first-order valence-corrected chi connectivity index (χ1v) is 5.85. The summed E-state index contributed by atoms with van der Waals surface area (Å²) in [5, 5.41) is 0. The summed E-state index contributed by atoms with van der Waals surface area (Å²) in [6.07, 6.45) is 0. The molecule has 0 unspecified atom stereocenters. The molecule has 0 aromatic heterocycles. The molecule has 2 aromatic rings. The summed E-state index contributed by atoms with van der Waals surface area (Å²) < 4.78 is 1.08. The zero-order chi connectivity index (χ0) is 11.3. The van der Waals surface area contributed by atoms with Gasteiger partial charge in [0.2, 0.25) is 0 Å². The van der Waals surface area contributed by atoms with Gasteiger partial charge in [-0.05, 0) is 40.0 Å².